The van der Waals surface area contributed by atoms with E-state index in [9.17, 15) is 4.79 Å². The van der Waals surface area contributed by atoms with Gasteiger partial charge in [0, 0.05) is 7.05 Å². The third-order valence-corrected chi connectivity index (χ3v) is 2.99. The van der Waals surface area contributed by atoms with E-state index in [1.54, 1.807) is 11.9 Å². The number of benzene rings is 1. The fourth-order valence-corrected chi connectivity index (χ4v) is 1.95. The van der Waals surface area contributed by atoms with Gasteiger partial charge in [0.15, 0.2) is 0 Å². The standard InChI is InChI=1S/C13H18N2O2/c1-15(12-8-5-9-14-12)13(16)17-10-11-6-3-2-4-7-11/h2-4,6-7,12,14H,5,8-10H2,1H3/t12-/m0/s1. The van der Waals surface area contributed by atoms with Crippen LogP contribution in [0.3, 0.4) is 0 Å². The minimum absolute atomic E-state index is 0.123. The summed E-state index contributed by atoms with van der Waals surface area (Å²) in [6.45, 7) is 1.30. The third kappa shape index (κ3) is 3.20. The zero-order valence-corrected chi connectivity index (χ0v) is 10.1. The number of nitrogens with zero attached hydrogens (tertiary/aromatic N) is 1. The first-order valence-electron chi connectivity index (χ1n) is 5.94. The van der Waals surface area contributed by atoms with Crippen molar-refractivity contribution in [2.24, 2.45) is 0 Å². The highest BCUT2D eigenvalue weighted by molar-refractivity contribution is 5.67. The van der Waals surface area contributed by atoms with Crippen LogP contribution in [0.5, 0.6) is 0 Å². The first-order valence-corrected chi connectivity index (χ1v) is 5.94. The summed E-state index contributed by atoms with van der Waals surface area (Å²) in [5.74, 6) is 0. The molecule has 1 N–H and O–H groups in total. The van der Waals surface area contributed by atoms with E-state index in [-0.39, 0.29) is 12.3 Å². The Morgan fingerprint density at radius 2 is 2.24 bits per heavy atom. The summed E-state index contributed by atoms with van der Waals surface area (Å²) in [6, 6.07) is 9.71. The summed E-state index contributed by atoms with van der Waals surface area (Å²) >= 11 is 0. The first-order chi connectivity index (χ1) is 8.27. The van der Waals surface area contributed by atoms with Crippen molar-refractivity contribution >= 4 is 6.09 Å². The van der Waals surface area contributed by atoms with Crippen molar-refractivity contribution in [1.82, 2.24) is 10.2 Å². The molecule has 1 aliphatic heterocycles. The molecule has 1 aromatic carbocycles. The lowest BCUT2D eigenvalue weighted by Gasteiger charge is -2.23. The topological polar surface area (TPSA) is 41.6 Å². The number of carbonyl (C=O) groups excluding carboxylic acids is 1. The molecule has 0 aliphatic carbocycles. The van der Waals surface area contributed by atoms with Gasteiger partial charge in [0.25, 0.3) is 0 Å². The number of rotatable bonds is 3. The molecule has 0 aromatic heterocycles. The Morgan fingerprint density at radius 3 is 2.88 bits per heavy atom. The molecule has 0 radical (unpaired) electrons. The lowest BCUT2D eigenvalue weighted by atomic mass is 10.2. The fraction of sp³-hybridized carbons (Fsp3) is 0.462. The minimum Gasteiger partial charge on any atom is -0.445 e. The molecule has 0 saturated carbocycles. The average molecular weight is 234 g/mol. The van der Waals surface area contributed by atoms with Crippen molar-refractivity contribution in [2.75, 3.05) is 13.6 Å². The largest absolute Gasteiger partial charge is 0.445 e. The second-order valence-electron chi connectivity index (χ2n) is 4.26. The first kappa shape index (κ1) is 11.9. The van der Waals surface area contributed by atoms with Crippen molar-refractivity contribution in [1.29, 1.82) is 0 Å². The van der Waals surface area contributed by atoms with Gasteiger partial charge in [-0.1, -0.05) is 30.3 Å². The molecular formula is C13H18N2O2. The summed E-state index contributed by atoms with van der Waals surface area (Å²) in [5.41, 5.74) is 1.01. The van der Waals surface area contributed by atoms with Crippen molar-refractivity contribution in [3.63, 3.8) is 0 Å². The van der Waals surface area contributed by atoms with Crippen LogP contribution >= 0.6 is 0 Å². The van der Waals surface area contributed by atoms with Gasteiger partial charge >= 0.3 is 6.09 Å². The maximum absolute atomic E-state index is 11.8. The van der Waals surface area contributed by atoms with Crippen LogP contribution in [0.4, 0.5) is 4.79 Å². The molecule has 0 spiro atoms. The highest BCUT2D eigenvalue weighted by Gasteiger charge is 2.23. The monoisotopic (exact) mass is 234 g/mol. The zero-order valence-electron chi connectivity index (χ0n) is 10.1. The van der Waals surface area contributed by atoms with Crippen LogP contribution in [-0.4, -0.2) is 30.8 Å². The van der Waals surface area contributed by atoms with Gasteiger partial charge < -0.3 is 4.74 Å². The molecular weight excluding hydrogens is 216 g/mol. The predicted octanol–water partition coefficient (Wildman–Crippen LogP) is 1.96. The molecule has 4 heteroatoms. The van der Waals surface area contributed by atoms with Gasteiger partial charge in [-0.05, 0) is 24.9 Å². The van der Waals surface area contributed by atoms with E-state index in [0.29, 0.717) is 6.61 Å². The summed E-state index contributed by atoms with van der Waals surface area (Å²) in [7, 11) is 1.77. The maximum atomic E-state index is 11.8. The average Bonchev–Trinajstić information content (AvgIpc) is 2.90. The molecule has 4 nitrogen and oxygen atoms in total. The lowest BCUT2D eigenvalue weighted by molar-refractivity contribution is 0.0883. The molecule has 17 heavy (non-hydrogen) atoms. The molecule has 1 heterocycles. The Morgan fingerprint density at radius 1 is 1.47 bits per heavy atom. The van der Waals surface area contributed by atoms with E-state index in [2.05, 4.69) is 5.32 Å². The van der Waals surface area contributed by atoms with Gasteiger partial charge in [-0.25, -0.2) is 4.79 Å². The van der Waals surface area contributed by atoms with E-state index in [4.69, 9.17) is 4.74 Å². The van der Waals surface area contributed by atoms with Crippen LogP contribution in [0.1, 0.15) is 18.4 Å². The van der Waals surface area contributed by atoms with Crippen LogP contribution in [-0.2, 0) is 11.3 Å². The molecule has 1 fully saturated rings. The summed E-state index contributed by atoms with van der Waals surface area (Å²) in [4.78, 5) is 13.4. The number of hydrogen-bond acceptors (Lipinski definition) is 3. The molecule has 1 aliphatic rings. The SMILES string of the molecule is CN(C(=O)OCc1ccccc1)[C@H]1CCCN1. The van der Waals surface area contributed by atoms with Crippen molar-refractivity contribution in [3.05, 3.63) is 35.9 Å². The van der Waals surface area contributed by atoms with Crippen LogP contribution in [0.25, 0.3) is 0 Å². The fourth-order valence-electron chi connectivity index (χ4n) is 1.95. The molecule has 1 amide bonds. The minimum atomic E-state index is -0.270. The highest BCUT2D eigenvalue weighted by Crippen LogP contribution is 2.10. The number of nitrogens with one attached hydrogen (secondary N) is 1. The molecule has 1 atom stereocenters. The molecule has 1 saturated heterocycles. The smallest absolute Gasteiger partial charge is 0.411 e. The quantitative estimate of drug-likeness (QED) is 0.869. The maximum Gasteiger partial charge on any atom is 0.411 e. The van der Waals surface area contributed by atoms with Gasteiger partial charge in [-0.15, -0.1) is 0 Å². The van der Waals surface area contributed by atoms with E-state index >= 15 is 0 Å². The highest BCUT2D eigenvalue weighted by atomic mass is 16.6. The van der Waals surface area contributed by atoms with Gasteiger partial charge in [-0.3, -0.25) is 10.2 Å². The second kappa shape index (κ2) is 5.68. The van der Waals surface area contributed by atoms with Crippen molar-refractivity contribution in [3.8, 4) is 0 Å². The summed E-state index contributed by atoms with van der Waals surface area (Å²) in [5, 5.41) is 3.26. The van der Waals surface area contributed by atoms with Crippen molar-refractivity contribution < 1.29 is 9.53 Å². The Bertz CT molecular complexity index is 361. The summed E-state index contributed by atoms with van der Waals surface area (Å²) in [6.07, 6.45) is 1.96. The van der Waals surface area contributed by atoms with Crippen molar-refractivity contribution in [2.45, 2.75) is 25.6 Å². The summed E-state index contributed by atoms with van der Waals surface area (Å²) < 4.78 is 5.25. The Balaban J connectivity index is 1.80. The Kier molecular flexibility index (Phi) is 3.98. The van der Waals surface area contributed by atoms with E-state index in [0.717, 1.165) is 24.9 Å². The van der Waals surface area contributed by atoms with Crippen LogP contribution in [0.15, 0.2) is 30.3 Å². The van der Waals surface area contributed by atoms with Gasteiger partial charge in [-0.2, -0.15) is 0 Å². The number of ether oxygens (including phenoxy) is 1. The zero-order chi connectivity index (χ0) is 12.1. The van der Waals surface area contributed by atoms with E-state index < -0.39 is 0 Å². The molecule has 0 bridgehead atoms. The molecule has 0 unspecified atom stereocenters. The number of amides is 1. The third-order valence-electron chi connectivity index (χ3n) is 2.99. The number of hydrogen-bond donors (Lipinski definition) is 1. The molecule has 2 rings (SSSR count). The second-order valence-corrected chi connectivity index (χ2v) is 4.26. The molecule has 1 aromatic rings. The van der Waals surface area contributed by atoms with Gasteiger partial charge in [0.2, 0.25) is 0 Å². The Labute approximate surface area is 102 Å². The van der Waals surface area contributed by atoms with Crippen LogP contribution < -0.4 is 5.32 Å². The van der Waals surface area contributed by atoms with Crippen LogP contribution in [0, 0.1) is 0 Å². The predicted molar refractivity (Wildman–Crippen MR) is 65.4 cm³/mol. The number of carbonyl (C=O) groups is 1. The van der Waals surface area contributed by atoms with Gasteiger partial charge in [0.1, 0.15) is 6.61 Å². The van der Waals surface area contributed by atoms with Gasteiger partial charge in [0.05, 0.1) is 6.17 Å². The Hall–Kier alpha value is -1.55. The normalized spacial score (nSPS) is 19.0. The lowest BCUT2D eigenvalue weighted by Crippen LogP contribution is -2.43. The molecule has 92 valence electrons. The van der Waals surface area contributed by atoms with E-state index in [1.165, 1.54) is 0 Å². The van der Waals surface area contributed by atoms with E-state index in [1.807, 2.05) is 30.3 Å². The van der Waals surface area contributed by atoms with Crippen LogP contribution in [0.2, 0.25) is 0 Å².